The monoisotopic (exact) mass is 421 g/mol. The van der Waals surface area contributed by atoms with Gasteiger partial charge in [-0.15, -0.1) is 11.3 Å². The molecular formula is C25H31N3OS. The van der Waals surface area contributed by atoms with Crippen molar-refractivity contribution in [1.82, 2.24) is 0 Å². The minimum atomic E-state index is 0.130. The maximum absolute atomic E-state index is 12.9. The van der Waals surface area contributed by atoms with Crippen molar-refractivity contribution in [3.63, 3.8) is 0 Å². The molecular weight excluding hydrogens is 390 g/mol. The molecule has 0 radical (unpaired) electrons. The predicted octanol–water partition coefficient (Wildman–Crippen LogP) is 5.68. The number of carbonyl (C=O) groups excluding carboxylic acids is 1. The van der Waals surface area contributed by atoms with E-state index in [-0.39, 0.29) is 11.8 Å². The lowest BCUT2D eigenvalue weighted by Gasteiger charge is -2.20. The van der Waals surface area contributed by atoms with Crippen LogP contribution in [-0.2, 0) is 11.2 Å². The maximum Gasteiger partial charge on any atom is 0.228 e. The second-order valence-corrected chi connectivity index (χ2v) is 10.2. The Hall–Kier alpha value is -2.32. The molecule has 0 saturated heterocycles. The van der Waals surface area contributed by atoms with Gasteiger partial charge in [0.05, 0.1) is 5.56 Å². The third-order valence-corrected chi connectivity index (χ3v) is 8.31. The highest BCUT2D eigenvalue weighted by atomic mass is 32.1. The first-order valence-corrected chi connectivity index (χ1v) is 11.9. The molecule has 2 bridgehead atoms. The maximum atomic E-state index is 12.9. The van der Waals surface area contributed by atoms with Gasteiger partial charge in [0, 0.05) is 30.1 Å². The number of rotatable bonds is 7. The van der Waals surface area contributed by atoms with Crippen LogP contribution < -0.4 is 10.2 Å². The van der Waals surface area contributed by atoms with Gasteiger partial charge in [0.25, 0.3) is 0 Å². The molecule has 0 aliphatic heterocycles. The van der Waals surface area contributed by atoms with Crippen molar-refractivity contribution in [1.29, 1.82) is 5.26 Å². The standard InChI is InChI=1S/C25H31N3OS/c1-16-6-10-20(11-7-16)28(3)12-4-5-23-17(2)22(15-26)25(30-23)27-24(29)21-14-18-8-9-19(21)13-18/h6-7,10-11,18-19,21H,4-5,8-9,12-14H2,1-3H3,(H,27,29)/t18-,19-,21+/m0/s1. The number of thiophene rings is 1. The molecule has 0 spiro atoms. The molecule has 3 atom stereocenters. The molecule has 4 rings (SSSR count). The average Bonchev–Trinajstić information content (AvgIpc) is 3.44. The van der Waals surface area contributed by atoms with Crippen molar-refractivity contribution in [2.75, 3.05) is 23.8 Å². The summed E-state index contributed by atoms with van der Waals surface area (Å²) in [6, 6.07) is 10.9. The minimum Gasteiger partial charge on any atom is -0.375 e. The Labute approximate surface area is 183 Å². The highest BCUT2D eigenvalue weighted by Crippen LogP contribution is 2.49. The smallest absolute Gasteiger partial charge is 0.228 e. The van der Waals surface area contributed by atoms with Crippen LogP contribution in [0, 0.1) is 42.9 Å². The van der Waals surface area contributed by atoms with Gasteiger partial charge in [0.1, 0.15) is 11.1 Å². The van der Waals surface area contributed by atoms with Gasteiger partial charge in [-0.3, -0.25) is 4.79 Å². The fourth-order valence-corrected chi connectivity index (χ4v) is 6.40. The van der Waals surface area contributed by atoms with E-state index >= 15 is 0 Å². The van der Waals surface area contributed by atoms with Crippen LogP contribution in [0.5, 0.6) is 0 Å². The van der Waals surface area contributed by atoms with Gasteiger partial charge in [-0.25, -0.2) is 0 Å². The molecule has 1 heterocycles. The van der Waals surface area contributed by atoms with Gasteiger partial charge in [0.15, 0.2) is 0 Å². The second kappa shape index (κ2) is 8.81. The molecule has 2 fully saturated rings. The summed E-state index contributed by atoms with van der Waals surface area (Å²) in [5.74, 6) is 1.57. The van der Waals surface area contributed by atoms with Gasteiger partial charge in [-0.05, 0) is 75.5 Å². The highest BCUT2D eigenvalue weighted by molar-refractivity contribution is 7.16. The van der Waals surface area contributed by atoms with Crippen LogP contribution in [-0.4, -0.2) is 19.5 Å². The number of hydrogen-bond donors (Lipinski definition) is 1. The number of nitrogens with zero attached hydrogens (tertiary/aromatic N) is 2. The normalized spacial score (nSPS) is 22.1. The average molecular weight is 422 g/mol. The molecule has 1 aromatic carbocycles. The predicted molar refractivity (Wildman–Crippen MR) is 124 cm³/mol. The summed E-state index contributed by atoms with van der Waals surface area (Å²) >= 11 is 1.59. The van der Waals surface area contributed by atoms with E-state index in [1.54, 1.807) is 11.3 Å². The fourth-order valence-electron chi connectivity index (χ4n) is 5.20. The number of anilines is 2. The molecule has 4 nitrogen and oxygen atoms in total. The van der Waals surface area contributed by atoms with Gasteiger partial charge >= 0.3 is 0 Å². The molecule has 2 aliphatic rings. The van der Waals surface area contributed by atoms with Crippen LogP contribution >= 0.6 is 11.3 Å². The van der Waals surface area contributed by atoms with Crippen molar-refractivity contribution in [3.05, 3.63) is 45.8 Å². The van der Waals surface area contributed by atoms with Crippen molar-refractivity contribution in [2.24, 2.45) is 17.8 Å². The number of hydrogen-bond acceptors (Lipinski definition) is 4. The molecule has 1 N–H and O–H groups in total. The Kier molecular flexibility index (Phi) is 6.15. The van der Waals surface area contributed by atoms with E-state index in [1.807, 2.05) is 6.92 Å². The topological polar surface area (TPSA) is 56.1 Å². The molecule has 0 unspecified atom stereocenters. The van der Waals surface area contributed by atoms with Crippen molar-refractivity contribution in [2.45, 2.75) is 52.4 Å². The van der Waals surface area contributed by atoms with Gasteiger partial charge < -0.3 is 10.2 Å². The van der Waals surface area contributed by atoms with E-state index in [0.29, 0.717) is 11.5 Å². The molecule has 2 saturated carbocycles. The third kappa shape index (κ3) is 4.25. The zero-order chi connectivity index (χ0) is 21.3. The number of carbonyl (C=O) groups is 1. The summed E-state index contributed by atoms with van der Waals surface area (Å²) < 4.78 is 0. The summed E-state index contributed by atoms with van der Waals surface area (Å²) in [5, 5.41) is 13.6. The highest BCUT2D eigenvalue weighted by Gasteiger charge is 2.43. The first-order valence-electron chi connectivity index (χ1n) is 11.1. The van der Waals surface area contributed by atoms with Crippen LogP contribution in [0.25, 0.3) is 0 Å². The SMILES string of the molecule is Cc1ccc(N(C)CCCc2sc(NC(=O)[C@@H]3C[C@H]4CC[C@H]3C4)c(C#N)c2C)cc1. The van der Waals surface area contributed by atoms with Crippen LogP contribution in [0.15, 0.2) is 24.3 Å². The lowest BCUT2D eigenvalue weighted by Crippen LogP contribution is -2.27. The van der Waals surface area contributed by atoms with E-state index < -0.39 is 0 Å². The summed E-state index contributed by atoms with van der Waals surface area (Å²) in [7, 11) is 2.12. The number of nitrogens with one attached hydrogen (secondary N) is 1. The number of nitriles is 1. The molecule has 2 aliphatic carbocycles. The van der Waals surface area contributed by atoms with Crippen molar-refractivity contribution >= 4 is 27.9 Å². The second-order valence-electron chi connectivity index (χ2n) is 9.10. The Morgan fingerprint density at radius 1 is 1.23 bits per heavy atom. The molecule has 2 aromatic rings. The Balaban J connectivity index is 1.37. The van der Waals surface area contributed by atoms with Crippen LogP contribution in [0.3, 0.4) is 0 Å². The molecule has 158 valence electrons. The zero-order valence-electron chi connectivity index (χ0n) is 18.2. The van der Waals surface area contributed by atoms with Crippen molar-refractivity contribution < 1.29 is 4.79 Å². The van der Waals surface area contributed by atoms with Crippen molar-refractivity contribution in [3.8, 4) is 6.07 Å². The molecule has 1 amide bonds. The Morgan fingerprint density at radius 3 is 2.63 bits per heavy atom. The molecule has 5 heteroatoms. The largest absolute Gasteiger partial charge is 0.375 e. The minimum absolute atomic E-state index is 0.130. The summed E-state index contributed by atoms with van der Waals surface area (Å²) in [6.07, 6.45) is 6.66. The van der Waals surface area contributed by atoms with E-state index in [0.717, 1.165) is 42.3 Å². The van der Waals surface area contributed by atoms with Gasteiger partial charge in [-0.2, -0.15) is 5.26 Å². The summed E-state index contributed by atoms with van der Waals surface area (Å²) in [4.78, 5) is 16.3. The quantitative estimate of drug-likeness (QED) is 0.626. The van der Waals surface area contributed by atoms with Crippen LogP contribution in [0.1, 0.15) is 53.7 Å². The Bertz CT molecular complexity index is 956. The number of benzene rings is 1. The van der Waals surface area contributed by atoms with Gasteiger partial charge in [-0.1, -0.05) is 24.1 Å². The number of amides is 1. The fraction of sp³-hybridized carbons (Fsp3) is 0.520. The van der Waals surface area contributed by atoms with E-state index in [1.165, 1.54) is 35.4 Å². The van der Waals surface area contributed by atoms with Crippen LogP contribution in [0.4, 0.5) is 10.7 Å². The van der Waals surface area contributed by atoms with Crippen LogP contribution in [0.2, 0.25) is 0 Å². The lowest BCUT2D eigenvalue weighted by molar-refractivity contribution is -0.121. The van der Waals surface area contributed by atoms with Gasteiger partial charge in [0.2, 0.25) is 5.91 Å². The lowest BCUT2D eigenvalue weighted by atomic mass is 9.88. The molecule has 1 aromatic heterocycles. The number of fused-ring (bicyclic) bond motifs is 2. The summed E-state index contributed by atoms with van der Waals surface area (Å²) in [5.41, 5.74) is 4.17. The van der Waals surface area contributed by atoms with E-state index in [9.17, 15) is 10.1 Å². The van der Waals surface area contributed by atoms with E-state index in [4.69, 9.17) is 0 Å². The first kappa shape index (κ1) is 20.9. The molecule has 30 heavy (non-hydrogen) atoms. The third-order valence-electron chi connectivity index (χ3n) is 7.04. The zero-order valence-corrected chi connectivity index (χ0v) is 19.0. The Morgan fingerprint density at radius 2 is 2.00 bits per heavy atom. The number of aryl methyl sites for hydroxylation is 2. The van der Waals surface area contributed by atoms with E-state index in [2.05, 4.69) is 54.5 Å². The summed E-state index contributed by atoms with van der Waals surface area (Å²) in [6.45, 7) is 5.07. The first-order chi connectivity index (χ1) is 14.5.